The quantitative estimate of drug-likeness (QED) is 0.543. The standard InChI is InChI=1S/C15H10ClN5O/c1-17-20-13-10-6-8(16)2-3-12(10)21-14(13)19-11-7-18-5-4-9(11)15(21)22/h2-7,17H,1H3/b20-13+. The monoisotopic (exact) mass is 311 g/mol. The molecule has 108 valence electrons. The van der Waals surface area contributed by atoms with Gasteiger partial charge in [-0.25, -0.2) is 4.98 Å². The lowest BCUT2D eigenvalue weighted by molar-refractivity contribution is 0.894. The van der Waals surface area contributed by atoms with Crippen LogP contribution < -0.4 is 11.0 Å². The van der Waals surface area contributed by atoms with E-state index in [9.17, 15) is 4.79 Å². The van der Waals surface area contributed by atoms with Crippen LogP contribution in [0.2, 0.25) is 5.02 Å². The summed E-state index contributed by atoms with van der Waals surface area (Å²) in [5.41, 5.74) is 5.23. The largest absolute Gasteiger partial charge is 0.312 e. The fourth-order valence-electron chi connectivity index (χ4n) is 2.65. The molecule has 1 N–H and O–H groups in total. The van der Waals surface area contributed by atoms with Gasteiger partial charge in [-0.05, 0) is 24.3 Å². The molecule has 0 bridgehead atoms. The van der Waals surface area contributed by atoms with E-state index in [0.717, 1.165) is 11.3 Å². The molecule has 3 aromatic rings. The van der Waals surface area contributed by atoms with Crippen molar-refractivity contribution in [3.8, 4) is 5.69 Å². The molecule has 0 spiro atoms. The Morgan fingerprint density at radius 2 is 2.18 bits per heavy atom. The summed E-state index contributed by atoms with van der Waals surface area (Å²) in [5.74, 6) is 0.483. The number of hydrogen-bond acceptors (Lipinski definition) is 5. The number of hydrazone groups is 1. The number of rotatable bonds is 1. The van der Waals surface area contributed by atoms with Gasteiger partial charge < -0.3 is 5.43 Å². The van der Waals surface area contributed by atoms with Crippen LogP contribution in [0.15, 0.2) is 46.6 Å². The summed E-state index contributed by atoms with van der Waals surface area (Å²) in [4.78, 5) is 21.4. The Labute approximate surface area is 130 Å². The third kappa shape index (κ3) is 1.67. The maximum atomic E-state index is 12.8. The number of hydrogen-bond donors (Lipinski definition) is 1. The van der Waals surface area contributed by atoms with Crippen LogP contribution >= 0.6 is 11.6 Å². The Morgan fingerprint density at radius 3 is 3.00 bits per heavy atom. The minimum Gasteiger partial charge on any atom is -0.312 e. The molecule has 0 amide bonds. The van der Waals surface area contributed by atoms with Crippen LogP contribution in [-0.4, -0.2) is 27.3 Å². The summed E-state index contributed by atoms with van der Waals surface area (Å²) < 4.78 is 1.56. The maximum absolute atomic E-state index is 12.8. The van der Waals surface area contributed by atoms with Crippen molar-refractivity contribution in [3.05, 3.63) is 63.4 Å². The number of halogens is 1. The fraction of sp³-hybridized carbons (Fsp3) is 0.0667. The van der Waals surface area contributed by atoms with Gasteiger partial charge in [-0.2, -0.15) is 5.10 Å². The smallest absolute Gasteiger partial charge is 0.266 e. The topological polar surface area (TPSA) is 72.2 Å². The van der Waals surface area contributed by atoms with E-state index < -0.39 is 0 Å². The molecule has 7 heteroatoms. The van der Waals surface area contributed by atoms with Crippen molar-refractivity contribution >= 4 is 28.2 Å². The highest BCUT2D eigenvalue weighted by atomic mass is 35.5. The lowest BCUT2D eigenvalue weighted by atomic mass is 10.1. The van der Waals surface area contributed by atoms with E-state index in [4.69, 9.17) is 11.6 Å². The Balaban J connectivity index is 2.18. The summed E-state index contributed by atoms with van der Waals surface area (Å²) >= 11 is 6.08. The molecule has 1 aromatic carbocycles. The van der Waals surface area contributed by atoms with Crippen molar-refractivity contribution in [1.29, 1.82) is 0 Å². The zero-order valence-corrected chi connectivity index (χ0v) is 12.3. The van der Waals surface area contributed by atoms with Gasteiger partial charge in [0.2, 0.25) is 0 Å². The van der Waals surface area contributed by atoms with Crippen molar-refractivity contribution in [3.63, 3.8) is 0 Å². The van der Waals surface area contributed by atoms with E-state index in [1.165, 1.54) is 0 Å². The Morgan fingerprint density at radius 1 is 1.32 bits per heavy atom. The van der Waals surface area contributed by atoms with Gasteiger partial charge in [0.05, 0.1) is 22.8 Å². The molecule has 0 atom stereocenters. The Hall–Kier alpha value is -2.73. The van der Waals surface area contributed by atoms with Crippen molar-refractivity contribution in [1.82, 2.24) is 20.0 Å². The van der Waals surface area contributed by atoms with Gasteiger partial charge in [0.15, 0.2) is 5.82 Å². The predicted molar refractivity (Wildman–Crippen MR) is 84.8 cm³/mol. The average Bonchev–Trinajstić information content (AvgIpc) is 2.82. The average molecular weight is 312 g/mol. The van der Waals surface area contributed by atoms with Crippen LogP contribution in [0, 0.1) is 0 Å². The molecule has 3 heterocycles. The molecule has 0 saturated heterocycles. The molecule has 0 unspecified atom stereocenters. The minimum absolute atomic E-state index is 0.146. The highest BCUT2D eigenvalue weighted by molar-refractivity contribution is 6.31. The molecule has 0 radical (unpaired) electrons. The fourth-order valence-corrected chi connectivity index (χ4v) is 2.83. The molecule has 2 aromatic heterocycles. The Bertz CT molecular complexity index is 1010. The van der Waals surface area contributed by atoms with Crippen molar-refractivity contribution in [2.75, 3.05) is 7.05 Å². The van der Waals surface area contributed by atoms with Gasteiger partial charge >= 0.3 is 0 Å². The lowest BCUT2D eigenvalue weighted by Crippen LogP contribution is -2.22. The minimum atomic E-state index is -0.146. The van der Waals surface area contributed by atoms with Crippen LogP contribution in [0.4, 0.5) is 0 Å². The molecule has 4 rings (SSSR count). The van der Waals surface area contributed by atoms with E-state index in [1.807, 2.05) is 0 Å². The first kappa shape index (κ1) is 13.0. The number of aromatic nitrogens is 3. The maximum Gasteiger partial charge on any atom is 0.266 e. The van der Waals surface area contributed by atoms with E-state index in [-0.39, 0.29) is 5.56 Å². The first-order valence-electron chi connectivity index (χ1n) is 6.62. The normalized spacial score (nSPS) is 14.2. The van der Waals surface area contributed by atoms with Crippen molar-refractivity contribution in [2.24, 2.45) is 5.10 Å². The summed E-state index contributed by atoms with van der Waals surface area (Å²) in [6, 6.07) is 7.00. The molecule has 6 nitrogen and oxygen atoms in total. The van der Waals surface area contributed by atoms with Crippen LogP contribution in [0.1, 0.15) is 11.4 Å². The zero-order valence-electron chi connectivity index (χ0n) is 11.5. The van der Waals surface area contributed by atoms with Gasteiger partial charge in [0.25, 0.3) is 5.56 Å². The molecular formula is C15H10ClN5O. The second-order valence-electron chi connectivity index (χ2n) is 4.81. The van der Waals surface area contributed by atoms with Gasteiger partial charge in [0, 0.05) is 23.8 Å². The molecule has 0 aliphatic carbocycles. The summed E-state index contributed by atoms with van der Waals surface area (Å²) in [5, 5.41) is 5.36. The molecule has 1 aliphatic rings. The van der Waals surface area contributed by atoms with E-state index in [0.29, 0.717) is 27.5 Å². The first-order valence-corrected chi connectivity index (χ1v) is 7.00. The zero-order chi connectivity index (χ0) is 15.3. The number of fused-ring (bicyclic) bond motifs is 4. The molecule has 1 aliphatic heterocycles. The van der Waals surface area contributed by atoms with Gasteiger partial charge in [0.1, 0.15) is 5.71 Å². The third-order valence-electron chi connectivity index (χ3n) is 3.56. The number of benzene rings is 1. The molecule has 0 saturated carbocycles. The molecule has 0 fully saturated rings. The number of pyridine rings is 1. The van der Waals surface area contributed by atoms with E-state index in [2.05, 4.69) is 20.5 Å². The second-order valence-corrected chi connectivity index (χ2v) is 5.25. The first-order chi connectivity index (χ1) is 10.7. The highest BCUT2D eigenvalue weighted by Crippen LogP contribution is 2.28. The van der Waals surface area contributed by atoms with Crippen molar-refractivity contribution in [2.45, 2.75) is 0 Å². The van der Waals surface area contributed by atoms with Crippen LogP contribution in [0.5, 0.6) is 0 Å². The van der Waals surface area contributed by atoms with Gasteiger partial charge in [-0.15, -0.1) is 0 Å². The predicted octanol–water partition coefficient (Wildman–Crippen LogP) is 1.72. The summed E-state index contributed by atoms with van der Waals surface area (Å²) in [6.07, 6.45) is 3.16. The summed E-state index contributed by atoms with van der Waals surface area (Å²) in [7, 11) is 1.70. The van der Waals surface area contributed by atoms with Gasteiger partial charge in [-0.3, -0.25) is 14.3 Å². The number of nitrogens with one attached hydrogen (secondary N) is 1. The lowest BCUT2D eigenvalue weighted by Gasteiger charge is -2.05. The van der Waals surface area contributed by atoms with E-state index >= 15 is 0 Å². The molecular weight excluding hydrogens is 302 g/mol. The third-order valence-corrected chi connectivity index (χ3v) is 3.80. The molecule has 22 heavy (non-hydrogen) atoms. The SMILES string of the molecule is CN/N=C1\c2cc(Cl)ccc2-n2c1nc1cnccc1c2=O. The van der Waals surface area contributed by atoms with Gasteiger partial charge in [-0.1, -0.05) is 11.6 Å². The summed E-state index contributed by atoms with van der Waals surface area (Å²) in [6.45, 7) is 0. The highest BCUT2D eigenvalue weighted by Gasteiger charge is 2.29. The van der Waals surface area contributed by atoms with Crippen LogP contribution in [-0.2, 0) is 0 Å². The Kier molecular flexibility index (Phi) is 2.74. The van der Waals surface area contributed by atoms with Crippen molar-refractivity contribution < 1.29 is 0 Å². The van der Waals surface area contributed by atoms with E-state index in [1.54, 1.807) is 48.3 Å². The van der Waals surface area contributed by atoms with Crippen LogP contribution in [0.3, 0.4) is 0 Å². The van der Waals surface area contributed by atoms with Crippen LogP contribution in [0.25, 0.3) is 16.6 Å². The number of nitrogens with zero attached hydrogens (tertiary/aromatic N) is 4. The second kappa shape index (κ2) is 4.64.